The van der Waals surface area contributed by atoms with Crippen molar-refractivity contribution in [2.75, 3.05) is 6.61 Å². The van der Waals surface area contributed by atoms with Crippen LogP contribution in [-0.2, 0) is 14.0 Å². The SMILES string of the molecule is CCOC(=O)CC[C@@H](C)O[Si](C)(C)C(C)(C)C. The van der Waals surface area contributed by atoms with Gasteiger partial charge in [-0.1, -0.05) is 20.8 Å². The summed E-state index contributed by atoms with van der Waals surface area (Å²) in [6.45, 7) is 15.4. The average molecular weight is 260 g/mol. The first-order valence-corrected chi connectivity index (χ1v) is 9.34. The topological polar surface area (TPSA) is 35.5 Å². The van der Waals surface area contributed by atoms with E-state index in [0.717, 1.165) is 6.42 Å². The van der Waals surface area contributed by atoms with Crippen LogP contribution >= 0.6 is 0 Å². The van der Waals surface area contributed by atoms with Gasteiger partial charge in [0.15, 0.2) is 8.32 Å². The van der Waals surface area contributed by atoms with Crippen LogP contribution in [0.4, 0.5) is 0 Å². The van der Waals surface area contributed by atoms with E-state index >= 15 is 0 Å². The molecule has 0 unspecified atom stereocenters. The minimum atomic E-state index is -1.71. The first kappa shape index (κ1) is 16.6. The summed E-state index contributed by atoms with van der Waals surface area (Å²) in [7, 11) is -1.71. The third-order valence-electron chi connectivity index (χ3n) is 3.36. The quantitative estimate of drug-likeness (QED) is 0.539. The fourth-order valence-electron chi connectivity index (χ4n) is 1.29. The summed E-state index contributed by atoms with van der Waals surface area (Å²) < 4.78 is 11.1. The third kappa shape index (κ3) is 6.22. The Morgan fingerprint density at radius 1 is 1.29 bits per heavy atom. The molecule has 0 amide bonds. The molecule has 4 heteroatoms. The monoisotopic (exact) mass is 260 g/mol. The Balaban J connectivity index is 4.10. The Bertz CT molecular complexity index is 244. The zero-order chi connectivity index (χ0) is 13.7. The zero-order valence-corrected chi connectivity index (χ0v) is 13.4. The molecule has 0 bridgehead atoms. The Morgan fingerprint density at radius 3 is 2.24 bits per heavy atom. The van der Waals surface area contributed by atoms with Crippen LogP contribution in [0, 0.1) is 0 Å². The second-order valence-electron chi connectivity index (χ2n) is 6.03. The Labute approximate surface area is 107 Å². The molecule has 1 atom stereocenters. The number of hydrogen-bond acceptors (Lipinski definition) is 3. The Hall–Kier alpha value is -0.353. The van der Waals surface area contributed by atoms with Crippen molar-refractivity contribution in [3.63, 3.8) is 0 Å². The van der Waals surface area contributed by atoms with Crippen molar-refractivity contribution in [2.45, 2.75) is 71.7 Å². The van der Waals surface area contributed by atoms with Gasteiger partial charge in [0.1, 0.15) is 0 Å². The van der Waals surface area contributed by atoms with Gasteiger partial charge < -0.3 is 9.16 Å². The predicted octanol–water partition coefficient (Wildman–Crippen LogP) is 3.74. The Morgan fingerprint density at radius 2 is 1.82 bits per heavy atom. The number of ether oxygens (including phenoxy) is 1. The van der Waals surface area contributed by atoms with E-state index in [1.165, 1.54) is 0 Å². The lowest BCUT2D eigenvalue weighted by Crippen LogP contribution is -2.43. The minimum absolute atomic E-state index is 0.125. The van der Waals surface area contributed by atoms with Gasteiger partial charge in [0, 0.05) is 12.5 Å². The standard InChI is InChI=1S/C13H28O3Si/c1-8-15-12(14)10-9-11(2)16-17(6,7)13(3,4)5/h11H,8-10H2,1-7H3/t11-/m1/s1. The highest BCUT2D eigenvalue weighted by atomic mass is 28.4. The van der Waals surface area contributed by atoms with E-state index in [0.29, 0.717) is 13.0 Å². The zero-order valence-electron chi connectivity index (χ0n) is 12.4. The fraction of sp³-hybridized carbons (Fsp3) is 0.923. The molecule has 0 spiro atoms. The lowest BCUT2D eigenvalue weighted by molar-refractivity contribution is -0.143. The van der Waals surface area contributed by atoms with E-state index < -0.39 is 8.32 Å². The minimum Gasteiger partial charge on any atom is -0.466 e. The van der Waals surface area contributed by atoms with Crippen LogP contribution in [0.25, 0.3) is 0 Å². The van der Waals surface area contributed by atoms with Gasteiger partial charge in [-0.05, 0) is 38.4 Å². The molecule has 3 nitrogen and oxygen atoms in total. The molecule has 0 aliphatic carbocycles. The maximum Gasteiger partial charge on any atom is 0.305 e. The van der Waals surface area contributed by atoms with Crippen molar-refractivity contribution in [3.05, 3.63) is 0 Å². The highest BCUT2D eigenvalue weighted by Gasteiger charge is 2.38. The molecule has 0 radical (unpaired) electrons. The molecule has 0 aromatic carbocycles. The molecular weight excluding hydrogens is 232 g/mol. The van der Waals surface area contributed by atoms with Crippen molar-refractivity contribution in [2.24, 2.45) is 0 Å². The number of esters is 1. The van der Waals surface area contributed by atoms with Crippen LogP contribution in [0.1, 0.15) is 47.5 Å². The molecule has 0 aliphatic heterocycles. The summed E-state index contributed by atoms with van der Waals surface area (Å²) in [6.07, 6.45) is 1.31. The largest absolute Gasteiger partial charge is 0.466 e. The van der Waals surface area contributed by atoms with Crippen LogP contribution in [0.15, 0.2) is 0 Å². The number of hydrogen-bond donors (Lipinski definition) is 0. The van der Waals surface area contributed by atoms with E-state index in [1.807, 2.05) is 13.8 Å². The molecule has 0 N–H and O–H groups in total. The molecule has 0 aromatic rings. The first-order chi connectivity index (χ1) is 7.60. The van der Waals surface area contributed by atoms with Crippen molar-refractivity contribution in [1.82, 2.24) is 0 Å². The maximum absolute atomic E-state index is 11.2. The molecule has 0 saturated carbocycles. The van der Waals surface area contributed by atoms with Crippen LogP contribution in [0.5, 0.6) is 0 Å². The molecule has 0 aromatic heterocycles. The maximum atomic E-state index is 11.2. The van der Waals surface area contributed by atoms with Crippen molar-refractivity contribution >= 4 is 14.3 Å². The number of carbonyl (C=O) groups is 1. The lowest BCUT2D eigenvalue weighted by Gasteiger charge is -2.38. The second kappa shape index (κ2) is 6.54. The van der Waals surface area contributed by atoms with E-state index in [-0.39, 0.29) is 17.1 Å². The van der Waals surface area contributed by atoms with E-state index in [1.54, 1.807) is 0 Å². The Kier molecular flexibility index (Phi) is 6.41. The molecule has 0 fully saturated rings. The molecule has 102 valence electrons. The van der Waals surface area contributed by atoms with E-state index in [9.17, 15) is 4.79 Å². The van der Waals surface area contributed by atoms with Gasteiger partial charge in [0.2, 0.25) is 0 Å². The molecule has 0 heterocycles. The molecular formula is C13H28O3Si. The highest BCUT2D eigenvalue weighted by Crippen LogP contribution is 2.37. The molecule has 0 saturated heterocycles. The van der Waals surface area contributed by atoms with E-state index in [4.69, 9.17) is 9.16 Å². The van der Waals surface area contributed by atoms with Gasteiger partial charge in [-0.3, -0.25) is 4.79 Å². The third-order valence-corrected chi connectivity index (χ3v) is 7.97. The van der Waals surface area contributed by atoms with Gasteiger partial charge >= 0.3 is 5.97 Å². The molecule has 17 heavy (non-hydrogen) atoms. The summed E-state index contributed by atoms with van der Waals surface area (Å²) in [4.78, 5) is 11.2. The smallest absolute Gasteiger partial charge is 0.305 e. The van der Waals surface area contributed by atoms with Crippen molar-refractivity contribution < 1.29 is 14.0 Å². The number of rotatable bonds is 6. The lowest BCUT2D eigenvalue weighted by atomic mass is 10.2. The number of carbonyl (C=O) groups excluding carboxylic acids is 1. The first-order valence-electron chi connectivity index (χ1n) is 6.43. The van der Waals surface area contributed by atoms with Crippen LogP contribution < -0.4 is 0 Å². The summed E-state index contributed by atoms with van der Waals surface area (Å²) >= 11 is 0. The van der Waals surface area contributed by atoms with E-state index in [2.05, 4.69) is 33.9 Å². The average Bonchev–Trinajstić information content (AvgIpc) is 2.12. The van der Waals surface area contributed by atoms with Crippen LogP contribution in [0.3, 0.4) is 0 Å². The fourth-order valence-corrected chi connectivity index (χ4v) is 2.77. The summed E-state index contributed by atoms with van der Waals surface area (Å²) in [5, 5.41) is 0.213. The molecule has 0 rings (SSSR count). The summed E-state index contributed by atoms with van der Waals surface area (Å²) in [6, 6.07) is 0. The summed E-state index contributed by atoms with van der Waals surface area (Å²) in [5.41, 5.74) is 0. The van der Waals surface area contributed by atoms with Crippen molar-refractivity contribution in [3.8, 4) is 0 Å². The van der Waals surface area contributed by atoms with Gasteiger partial charge in [-0.2, -0.15) is 0 Å². The van der Waals surface area contributed by atoms with Gasteiger partial charge in [-0.25, -0.2) is 0 Å². The predicted molar refractivity (Wildman–Crippen MR) is 73.6 cm³/mol. The normalized spacial score (nSPS) is 14.5. The molecule has 0 aliphatic rings. The van der Waals surface area contributed by atoms with Crippen LogP contribution in [-0.4, -0.2) is 27.0 Å². The van der Waals surface area contributed by atoms with Gasteiger partial charge in [-0.15, -0.1) is 0 Å². The van der Waals surface area contributed by atoms with Gasteiger partial charge in [0.25, 0.3) is 0 Å². The van der Waals surface area contributed by atoms with Gasteiger partial charge in [0.05, 0.1) is 6.61 Å². The van der Waals surface area contributed by atoms with Crippen molar-refractivity contribution in [1.29, 1.82) is 0 Å². The second-order valence-corrected chi connectivity index (χ2v) is 10.8. The highest BCUT2D eigenvalue weighted by molar-refractivity contribution is 6.74. The van der Waals surface area contributed by atoms with Crippen LogP contribution in [0.2, 0.25) is 18.1 Å². The summed E-state index contributed by atoms with van der Waals surface area (Å²) in [5.74, 6) is -0.127.